The smallest absolute Gasteiger partial charge is 0.127 e. The highest BCUT2D eigenvalue weighted by atomic mass is 16.5. The number of fused-ring (bicyclic) bond motifs is 1. The summed E-state index contributed by atoms with van der Waals surface area (Å²) in [5, 5.41) is 8.84. The molecule has 0 unspecified atom stereocenters. The predicted octanol–water partition coefficient (Wildman–Crippen LogP) is 1.51. The van der Waals surface area contributed by atoms with Gasteiger partial charge < -0.3 is 10.5 Å². The van der Waals surface area contributed by atoms with E-state index in [-0.39, 0.29) is 6.04 Å². The van der Waals surface area contributed by atoms with Gasteiger partial charge >= 0.3 is 0 Å². The molecule has 1 aromatic carbocycles. The van der Waals surface area contributed by atoms with Gasteiger partial charge in [-0.05, 0) is 24.1 Å². The normalized spacial score (nSPS) is 18.5. The average molecular weight is 188 g/mol. The molecule has 2 N–H and O–H groups in total. The molecule has 14 heavy (non-hydrogen) atoms. The molecule has 2 rings (SSSR count). The highest BCUT2D eigenvalue weighted by Crippen LogP contribution is 2.35. The maximum absolute atomic E-state index is 8.84. The first-order valence-electron chi connectivity index (χ1n) is 4.71. The number of hydrogen-bond acceptors (Lipinski definition) is 3. The van der Waals surface area contributed by atoms with E-state index in [0.29, 0.717) is 12.2 Å². The molecular formula is C11H12N2O. The Morgan fingerprint density at radius 2 is 2.43 bits per heavy atom. The molecule has 1 aliphatic heterocycles. The Labute approximate surface area is 83.1 Å². The molecule has 1 atom stereocenters. The van der Waals surface area contributed by atoms with Crippen molar-refractivity contribution in [3.8, 4) is 11.8 Å². The van der Waals surface area contributed by atoms with Crippen LogP contribution in [0.2, 0.25) is 0 Å². The SMILES string of the molecule is CCc1cc(C#N)cc2c1OC[C@@H]2N. The first-order chi connectivity index (χ1) is 6.76. The van der Waals surface area contributed by atoms with Crippen molar-refractivity contribution in [3.63, 3.8) is 0 Å². The van der Waals surface area contributed by atoms with Gasteiger partial charge in [-0.15, -0.1) is 0 Å². The van der Waals surface area contributed by atoms with Crippen LogP contribution in [0, 0.1) is 11.3 Å². The van der Waals surface area contributed by atoms with Crippen molar-refractivity contribution in [2.45, 2.75) is 19.4 Å². The van der Waals surface area contributed by atoms with Crippen LogP contribution in [0.15, 0.2) is 12.1 Å². The van der Waals surface area contributed by atoms with E-state index in [1.165, 1.54) is 0 Å². The third kappa shape index (κ3) is 1.24. The van der Waals surface area contributed by atoms with Crippen molar-refractivity contribution >= 4 is 0 Å². The number of ether oxygens (including phenoxy) is 1. The van der Waals surface area contributed by atoms with Crippen molar-refractivity contribution in [2.75, 3.05) is 6.61 Å². The van der Waals surface area contributed by atoms with Crippen LogP contribution in [-0.4, -0.2) is 6.61 Å². The molecule has 0 spiro atoms. The lowest BCUT2D eigenvalue weighted by Crippen LogP contribution is -2.10. The molecule has 1 aromatic rings. The minimum Gasteiger partial charge on any atom is -0.491 e. The van der Waals surface area contributed by atoms with Crippen LogP contribution in [0.3, 0.4) is 0 Å². The van der Waals surface area contributed by atoms with Gasteiger partial charge in [0.2, 0.25) is 0 Å². The van der Waals surface area contributed by atoms with E-state index in [1.807, 2.05) is 19.1 Å². The maximum Gasteiger partial charge on any atom is 0.127 e. The van der Waals surface area contributed by atoms with Crippen LogP contribution in [0.5, 0.6) is 5.75 Å². The molecular weight excluding hydrogens is 176 g/mol. The van der Waals surface area contributed by atoms with Crippen LogP contribution in [0.1, 0.15) is 29.7 Å². The lowest BCUT2D eigenvalue weighted by Gasteiger charge is -2.06. The zero-order valence-corrected chi connectivity index (χ0v) is 8.08. The number of nitrogens with zero attached hydrogens (tertiary/aromatic N) is 1. The number of hydrogen-bond donors (Lipinski definition) is 1. The largest absolute Gasteiger partial charge is 0.491 e. The van der Waals surface area contributed by atoms with Gasteiger partial charge in [-0.1, -0.05) is 6.92 Å². The molecule has 0 amide bonds. The number of rotatable bonds is 1. The molecule has 0 saturated carbocycles. The minimum atomic E-state index is -0.0800. The summed E-state index contributed by atoms with van der Waals surface area (Å²) in [6, 6.07) is 5.76. The highest BCUT2D eigenvalue weighted by Gasteiger charge is 2.23. The van der Waals surface area contributed by atoms with Gasteiger partial charge in [0.05, 0.1) is 17.7 Å². The van der Waals surface area contributed by atoms with Crippen LogP contribution in [0.4, 0.5) is 0 Å². The van der Waals surface area contributed by atoms with Gasteiger partial charge in [0.25, 0.3) is 0 Å². The molecule has 0 radical (unpaired) electrons. The van der Waals surface area contributed by atoms with Gasteiger partial charge in [-0.3, -0.25) is 0 Å². The Bertz CT molecular complexity index is 406. The fourth-order valence-corrected chi connectivity index (χ4v) is 1.75. The summed E-state index contributed by atoms with van der Waals surface area (Å²) in [5.41, 5.74) is 8.58. The van der Waals surface area contributed by atoms with E-state index in [1.54, 1.807) is 0 Å². The summed E-state index contributed by atoms with van der Waals surface area (Å²) in [6.45, 7) is 2.57. The zero-order valence-electron chi connectivity index (χ0n) is 8.08. The molecule has 0 aliphatic carbocycles. The Hall–Kier alpha value is -1.53. The van der Waals surface area contributed by atoms with Gasteiger partial charge in [-0.25, -0.2) is 0 Å². The van der Waals surface area contributed by atoms with E-state index in [0.717, 1.165) is 23.3 Å². The molecule has 0 bridgehead atoms. The van der Waals surface area contributed by atoms with E-state index in [9.17, 15) is 0 Å². The maximum atomic E-state index is 8.84. The van der Waals surface area contributed by atoms with E-state index < -0.39 is 0 Å². The summed E-state index contributed by atoms with van der Waals surface area (Å²) in [6.07, 6.45) is 0.866. The Morgan fingerprint density at radius 3 is 3.07 bits per heavy atom. The van der Waals surface area contributed by atoms with Crippen molar-refractivity contribution in [1.82, 2.24) is 0 Å². The molecule has 0 saturated heterocycles. The summed E-state index contributed by atoms with van der Waals surface area (Å²) >= 11 is 0. The first kappa shape index (κ1) is 9.04. The summed E-state index contributed by atoms with van der Waals surface area (Å²) in [7, 11) is 0. The Kier molecular flexibility index (Phi) is 2.14. The third-order valence-electron chi connectivity index (χ3n) is 2.51. The minimum absolute atomic E-state index is 0.0800. The van der Waals surface area contributed by atoms with Gasteiger partial charge in [0.1, 0.15) is 12.4 Å². The Balaban J connectivity index is 2.59. The second-order valence-electron chi connectivity index (χ2n) is 3.44. The highest BCUT2D eigenvalue weighted by molar-refractivity contribution is 5.51. The third-order valence-corrected chi connectivity index (χ3v) is 2.51. The number of nitriles is 1. The van der Waals surface area contributed by atoms with Gasteiger partial charge in [0, 0.05) is 5.56 Å². The van der Waals surface area contributed by atoms with Crippen LogP contribution >= 0.6 is 0 Å². The van der Waals surface area contributed by atoms with E-state index >= 15 is 0 Å². The van der Waals surface area contributed by atoms with Crippen molar-refractivity contribution in [3.05, 3.63) is 28.8 Å². The second kappa shape index (κ2) is 3.32. The fraction of sp³-hybridized carbons (Fsp3) is 0.364. The van der Waals surface area contributed by atoms with Crippen LogP contribution in [0.25, 0.3) is 0 Å². The van der Waals surface area contributed by atoms with Gasteiger partial charge in [0.15, 0.2) is 0 Å². The van der Waals surface area contributed by atoms with Crippen molar-refractivity contribution in [1.29, 1.82) is 5.26 Å². The van der Waals surface area contributed by atoms with Crippen molar-refractivity contribution < 1.29 is 4.74 Å². The number of benzene rings is 1. The molecule has 1 aliphatic rings. The lowest BCUT2D eigenvalue weighted by atomic mass is 10.0. The fourth-order valence-electron chi connectivity index (χ4n) is 1.75. The molecule has 72 valence electrons. The summed E-state index contributed by atoms with van der Waals surface area (Å²) in [5.74, 6) is 0.888. The van der Waals surface area contributed by atoms with Crippen LogP contribution < -0.4 is 10.5 Å². The average Bonchev–Trinajstić information content (AvgIpc) is 2.59. The predicted molar refractivity (Wildman–Crippen MR) is 53.0 cm³/mol. The molecule has 1 heterocycles. The molecule has 0 fully saturated rings. The van der Waals surface area contributed by atoms with E-state index in [2.05, 4.69) is 6.07 Å². The standard InChI is InChI=1S/C11H12N2O/c1-2-8-3-7(5-12)4-9-10(13)6-14-11(8)9/h3-4,10H,2,6,13H2,1H3/t10-/m0/s1. The monoisotopic (exact) mass is 188 g/mol. The number of aryl methyl sites for hydroxylation is 1. The zero-order chi connectivity index (χ0) is 10.1. The van der Waals surface area contributed by atoms with E-state index in [4.69, 9.17) is 15.7 Å². The van der Waals surface area contributed by atoms with Crippen LogP contribution in [-0.2, 0) is 6.42 Å². The molecule has 0 aromatic heterocycles. The quantitative estimate of drug-likeness (QED) is 0.726. The first-order valence-corrected chi connectivity index (χ1v) is 4.71. The van der Waals surface area contributed by atoms with Gasteiger partial charge in [-0.2, -0.15) is 5.26 Å². The lowest BCUT2D eigenvalue weighted by molar-refractivity contribution is 0.331. The molecule has 3 heteroatoms. The summed E-state index contributed by atoms with van der Waals surface area (Å²) in [4.78, 5) is 0. The Morgan fingerprint density at radius 1 is 1.64 bits per heavy atom. The number of nitrogens with two attached hydrogens (primary N) is 1. The van der Waals surface area contributed by atoms with Crippen molar-refractivity contribution in [2.24, 2.45) is 5.73 Å². The second-order valence-corrected chi connectivity index (χ2v) is 3.44. The summed E-state index contributed by atoms with van der Waals surface area (Å²) < 4.78 is 5.50. The molecule has 3 nitrogen and oxygen atoms in total. The topological polar surface area (TPSA) is 59.0 Å².